The van der Waals surface area contributed by atoms with Crippen molar-refractivity contribution in [3.05, 3.63) is 35.9 Å². The molecule has 98 valence electrons. The van der Waals surface area contributed by atoms with Crippen LogP contribution in [0.1, 0.15) is 50.6 Å². The zero-order chi connectivity index (χ0) is 12.8. The Balaban J connectivity index is 2.19. The number of piperidine rings is 1. The number of hydrogen-bond acceptors (Lipinski definition) is 2. The lowest BCUT2D eigenvalue weighted by Crippen LogP contribution is -2.37. The highest BCUT2D eigenvalue weighted by Gasteiger charge is 2.27. The van der Waals surface area contributed by atoms with Gasteiger partial charge in [0.05, 0.1) is 6.04 Å². The molecule has 0 saturated carbocycles. The lowest BCUT2D eigenvalue weighted by molar-refractivity contribution is -0.125. The molecule has 1 aromatic rings. The van der Waals surface area contributed by atoms with Gasteiger partial charge in [0.1, 0.15) is 0 Å². The minimum atomic E-state index is -0.00792. The fourth-order valence-corrected chi connectivity index (χ4v) is 2.80. The first kappa shape index (κ1) is 13.3. The van der Waals surface area contributed by atoms with Crippen LogP contribution in [0.5, 0.6) is 0 Å². The van der Waals surface area contributed by atoms with E-state index in [2.05, 4.69) is 24.0 Å². The van der Waals surface area contributed by atoms with E-state index in [9.17, 15) is 4.79 Å². The molecule has 1 atom stereocenters. The predicted molar refractivity (Wildman–Crippen MR) is 74.5 cm³/mol. The minimum Gasteiger partial charge on any atom is -0.298 e. The summed E-state index contributed by atoms with van der Waals surface area (Å²) in [6, 6.07) is 10.3. The topological polar surface area (TPSA) is 20.3 Å². The zero-order valence-electron chi connectivity index (χ0n) is 11.3. The summed E-state index contributed by atoms with van der Waals surface area (Å²) in [5.41, 5.74) is 1.16. The van der Waals surface area contributed by atoms with Crippen molar-refractivity contribution < 1.29 is 4.79 Å². The first-order chi connectivity index (χ1) is 8.83. The number of likely N-dealkylation sites (tertiary alicyclic amines) is 1. The average Bonchev–Trinajstić information content (AvgIpc) is 2.42. The van der Waals surface area contributed by atoms with Gasteiger partial charge in [0.15, 0.2) is 5.78 Å². The molecule has 1 aliphatic heterocycles. The summed E-state index contributed by atoms with van der Waals surface area (Å²) in [6.07, 6.45) is 5.39. The largest absolute Gasteiger partial charge is 0.298 e. The molecule has 1 unspecified atom stereocenters. The van der Waals surface area contributed by atoms with Gasteiger partial charge in [-0.3, -0.25) is 9.69 Å². The number of carbonyl (C=O) groups is 1. The number of Topliss-reactive ketones (excluding diaryl/α,β-unsaturated/α-hetero) is 1. The third-order valence-electron chi connectivity index (χ3n) is 3.67. The van der Waals surface area contributed by atoms with Crippen molar-refractivity contribution in [2.45, 2.75) is 45.1 Å². The monoisotopic (exact) mass is 245 g/mol. The van der Waals surface area contributed by atoms with Gasteiger partial charge in [0.2, 0.25) is 0 Å². The van der Waals surface area contributed by atoms with E-state index in [0.717, 1.165) is 25.1 Å². The molecule has 0 bridgehead atoms. The van der Waals surface area contributed by atoms with Gasteiger partial charge in [-0.2, -0.15) is 0 Å². The molecule has 2 rings (SSSR count). The molecule has 1 aliphatic rings. The van der Waals surface area contributed by atoms with E-state index in [1.54, 1.807) is 0 Å². The van der Waals surface area contributed by atoms with Crippen LogP contribution in [0, 0.1) is 0 Å². The Hall–Kier alpha value is -1.15. The van der Waals surface area contributed by atoms with Crippen LogP contribution >= 0.6 is 0 Å². The lowest BCUT2D eigenvalue weighted by Gasteiger charge is -2.34. The van der Waals surface area contributed by atoms with Crippen molar-refractivity contribution in [3.63, 3.8) is 0 Å². The second kappa shape index (κ2) is 6.69. The van der Waals surface area contributed by atoms with Gasteiger partial charge < -0.3 is 0 Å². The number of hydrogen-bond donors (Lipinski definition) is 0. The fraction of sp³-hybridized carbons (Fsp3) is 0.562. The second-order valence-corrected chi connectivity index (χ2v) is 5.13. The van der Waals surface area contributed by atoms with Gasteiger partial charge >= 0.3 is 0 Å². The van der Waals surface area contributed by atoms with Crippen molar-refractivity contribution in [1.82, 2.24) is 4.90 Å². The minimum absolute atomic E-state index is 0.00792. The van der Waals surface area contributed by atoms with Crippen LogP contribution in [0.4, 0.5) is 0 Å². The first-order valence-electron chi connectivity index (χ1n) is 7.14. The van der Waals surface area contributed by atoms with Gasteiger partial charge in [-0.15, -0.1) is 0 Å². The summed E-state index contributed by atoms with van der Waals surface area (Å²) in [5.74, 6) is 0.380. The summed E-state index contributed by atoms with van der Waals surface area (Å²) in [4.78, 5) is 14.8. The molecule has 2 nitrogen and oxygen atoms in total. The molecule has 0 spiro atoms. The van der Waals surface area contributed by atoms with Crippen molar-refractivity contribution >= 4 is 5.78 Å². The molecule has 1 heterocycles. The Bertz CT molecular complexity index is 368. The van der Waals surface area contributed by atoms with E-state index in [0.29, 0.717) is 12.2 Å². The standard InChI is InChI=1S/C16H23NO/c1-2-9-15(18)16(14-10-5-3-6-11-14)17-12-7-4-8-13-17/h3,5-6,10-11,16H,2,4,7-9,12-13H2,1H3. The molecule has 1 saturated heterocycles. The van der Waals surface area contributed by atoms with E-state index in [-0.39, 0.29) is 6.04 Å². The third-order valence-corrected chi connectivity index (χ3v) is 3.67. The van der Waals surface area contributed by atoms with Crippen LogP contribution in [0.15, 0.2) is 30.3 Å². The Kier molecular flexibility index (Phi) is 4.94. The van der Waals surface area contributed by atoms with E-state index in [1.807, 2.05) is 18.2 Å². The molecule has 1 fully saturated rings. The van der Waals surface area contributed by atoms with E-state index in [1.165, 1.54) is 19.3 Å². The van der Waals surface area contributed by atoms with Gasteiger partial charge in [-0.1, -0.05) is 43.7 Å². The maximum Gasteiger partial charge on any atom is 0.154 e. The summed E-state index contributed by atoms with van der Waals surface area (Å²) in [6.45, 7) is 4.21. The molecule has 0 N–H and O–H groups in total. The Labute approximate surface area is 110 Å². The van der Waals surface area contributed by atoms with Gasteiger partial charge in [0, 0.05) is 6.42 Å². The maximum absolute atomic E-state index is 12.4. The van der Waals surface area contributed by atoms with Crippen molar-refractivity contribution in [3.8, 4) is 0 Å². The highest BCUT2D eigenvalue weighted by atomic mass is 16.1. The summed E-state index contributed by atoms with van der Waals surface area (Å²) in [7, 11) is 0. The van der Waals surface area contributed by atoms with Crippen LogP contribution in [0.25, 0.3) is 0 Å². The number of rotatable bonds is 5. The number of carbonyl (C=O) groups excluding carboxylic acids is 1. The van der Waals surface area contributed by atoms with Crippen LogP contribution in [0.3, 0.4) is 0 Å². The molecule has 2 heteroatoms. The first-order valence-corrected chi connectivity index (χ1v) is 7.14. The SMILES string of the molecule is CCCC(=O)C(c1ccccc1)N1CCCCC1. The summed E-state index contributed by atoms with van der Waals surface area (Å²) < 4.78 is 0. The van der Waals surface area contributed by atoms with Gasteiger partial charge in [-0.25, -0.2) is 0 Å². The predicted octanol–water partition coefficient (Wildman–Crippen LogP) is 3.58. The summed E-state index contributed by atoms with van der Waals surface area (Å²) in [5, 5.41) is 0. The summed E-state index contributed by atoms with van der Waals surface area (Å²) >= 11 is 0. The molecule has 18 heavy (non-hydrogen) atoms. The quantitative estimate of drug-likeness (QED) is 0.790. The van der Waals surface area contributed by atoms with Gasteiger partial charge in [0.25, 0.3) is 0 Å². The normalized spacial score (nSPS) is 18.5. The molecular formula is C16H23NO. The highest BCUT2D eigenvalue weighted by molar-refractivity contribution is 5.85. The molecule has 0 aromatic heterocycles. The van der Waals surface area contributed by atoms with E-state index < -0.39 is 0 Å². The van der Waals surface area contributed by atoms with Crippen LogP contribution in [0.2, 0.25) is 0 Å². The fourth-order valence-electron chi connectivity index (χ4n) is 2.80. The number of ketones is 1. The molecular weight excluding hydrogens is 222 g/mol. The zero-order valence-corrected chi connectivity index (χ0v) is 11.3. The third kappa shape index (κ3) is 3.20. The molecule has 0 aliphatic carbocycles. The maximum atomic E-state index is 12.4. The molecule has 1 aromatic carbocycles. The van der Waals surface area contributed by atoms with E-state index in [4.69, 9.17) is 0 Å². The molecule has 0 amide bonds. The molecule has 0 radical (unpaired) electrons. The smallest absolute Gasteiger partial charge is 0.154 e. The van der Waals surface area contributed by atoms with Crippen LogP contribution in [-0.4, -0.2) is 23.8 Å². The second-order valence-electron chi connectivity index (χ2n) is 5.13. The Morgan fingerprint density at radius 3 is 2.44 bits per heavy atom. The number of benzene rings is 1. The Morgan fingerprint density at radius 1 is 1.17 bits per heavy atom. The lowest BCUT2D eigenvalue weighted by atomic mass is 9.96. The highest BCUT2D eigenvalue weighted by Crippen LogP contribution is 2.26. The van der Waals surface area contributed by atoms with Gasteiger partial charge in [-0.05, 0) is 37.9 Å². The average molecular weight is 245 g/mol. The van der Waals surface area contributed by atoms with Crippen LogP contribution < -0.4 is 0 Å². The van der Waals surface area contributed by atoms with Crippen molar-refractivity contribution in [2.24, 2.45) is 0 Å². The Morgan fingerprint density at radius 2 is 1.83 bits per heavy atom. The van der Waals surface area contributed by atoms with Crippen molar-refractivity contribution in [2.75, 3.05) is 13.1 Å². The number of nitrogens with zero attached hydrogens (tertiary/aromatic N) is 1. The van der Waals surface area contributed by atoms with E-state index >= 15 is 0 Å². The van der Waals surface area contributed by atoms with Crippen LogP contribution in [-0.2, 0) is 4.79 Å². The van der Waals surface area contributed by atoms with Crippen molar-refractivity contribution in [1.29, 1.82) is 0 Å².